The van der Waals surface area contributed by atoms with Crippen LogP contribution in [0, 0.1) is 10.1 Å². The fourth-order valence-corrected chi connectivity index (χ4v) is 3.11. The predicted octanol–water partition coefficient (Wildman–Crippen LogP) is 2.69. The number of rotatable bonds is 4. The van der Waals surface area contributed by atoms with Crippen LogP contribution in [0.4, 0.5) is 11.5 Å². The molecule has 1 N–H and O–H groups in total. The van der Waals surface area contributed by atoms with Crippen molar-refractivity contribution >= 4 is 23.3 Å². The Morgan fingerprint density at radius 2 is 2.41 bits per heavy atom. The van der Waals surface area contributed by atoms with Crippen molar-refractivity contribution in [2.75, 3.05) is 11.6 Å². The summed E-state index contributed by atoms with van der Waals surface area (Å²) in [4.78, 5) is 14.4. The topological polar surface area (TPSA) is 68.1 Å². The van der Waals surface area contributed by atoms with E-state index in [1.165, 1.54) is 31.2 Å². The van der Waals surface area contributed by atoms with Gasteiger partial charge in [0.15, 0.2) is 0 Å². The fourth-order valence-electron chi connectivity index (χ4n) is 2.18. The van der Waals surface area contributed by atoms with E-state index in [1.807, 2.05) is 11.8 Å². The van der Waals surface area contributed by atoms with E-state index in [0.717, 1.165) is 6.42 Å². The molecule has 0 aromatic carbocycles. The fraction of sp³-hybridized carbons (Fsp3) is 0.545. The maximum Gasteiger partial charge on any atom is 0.274 e. The third-order valence-corrected chi connectivity index (χ3v) is 4.21. The van der Waals surface area contributed by atoms with Crippen molar-refractivity contribution in [2.24, 2.45) is 0 Å². The Labute approximate surface area is 104 Å². The smallest absolute Gasteiger partial charge is 0.274 e. The lowest BCUT2D eigenvalue weighted by Crippen LogP contribution is -2.26. The zero-order chi connectivity index (χ0) is 12.3. The molecule has 2 unspecified atom stereocenters. The van der Waals surface area contributed by atoms with Crippen LogP contribution in [0.15, 0.2) is 18.3 Å². The SMILES string of the molecule is CSC1CCCC1Nc1cc([N+](=O)[O-])ccn1. The van der Waals surface area contributed by atoms with Gasteiger partial charge in [0.25, 0.3) is 5.69 Å². The van der Waals surface area contributed by atoms with Gasteiger partial charge in [0, 0.05) is 23.6 Å². The molecule has 1 fully saturated rings. The number of pyridine rings is 1. The second-order valence-corrected chi connectivity index (χ2v) is 5.19. The number of hydrogen-bond acceptors (Lipinski definition) is 5. The van der Waals surface area contributed by atoms with Crippen LogP contribution in [-0.2, 0) is 0 Å². The lowest BCUT2D eigenvalue weighted by molar-refractivity contribution is -0.384. The molecule has 1 aromatic rings. The first kappa shape index (κ1) is 12.2. The van der Waals surface area contributed by atoms with Crippen molar-refractivity contribution in [2.45, 2.75) is 30.6 Å². The second kappa shape index (κ2) is 5.35. The van der Waals surface area contributed by atoms with Crippen molar-refractivity contribution < 1.29 is 4.92 Å². The summed E-state index contributed by atoms with van der Waals surface area (Å²) < 4.78 is 0. The van der Waals surface area contributed by atoms with E-state index < -0.39 is 4.92 Å². The highest BCUT2D eigenvalue weighted by molar-refractivity contribution is 7.99. The van der Waals surface area contributed by atoms with E-state index in [2.05, 4.69) is 16.6 Å². The van der Waals surface area contributed by atoms with Gasteiger partial charge in [-0.2, -0.15) is 11.8 Å². The van der Waals surface area contributed by atoms with Gasteiger partial charge in [-0.05, 0) is 19.1 Å². The van der Waals surface area contributed by atoms with Crippen LogP contribution in [-0.4, -0.2) is 27.5 Å². The summed E-state index contributed by atoms with van der Waals surface area (Å²) in [7, 11) is 0. The molecule has 6 heteroatoms. The minimum Gasteiger partial charge on any atom is -0.366 e. The molecule has 1 aliphatic rings. The average molecular weight is 253 g/mol. The summed E-state index contributed by atoms with van der Waals surface area (Å²) in [5, 5.41) is 14.5. The summed E-state index contributed by atoms with van der Waals surface area (Å²) in [6, 6.07) is 3.28. The summed E-state index contributed by atoms with van der Waals surface area (Å²) in [5.41, 5.74) is 0.0844. The highest BCUT2D eigenvalue weighted by Gasteiger charge is 2.26. The Kier molecular flexibility index (Phi) is 3.83. The number of hydrogen-bond donors (Lipinski definition) is 1. The van der Waals surface area contributed by atoms with Gasteiger partial charge in [0.1, 0.15) is 5.82 Å². The first-order valence-electron chi connectivity index (χ1n) is 5.60. The molecule has 5 nitrogen and oxygen atoms in total. The Balaban J connectivity index is 2.07. The number of nitrogens with zero attached hydrogens (tertiary/aromatic N) is 2. The summed E-state index contributed by atoms with van der Waals surface area (Å²) in [5.74, 6) is 0.602. The first-order chi connectivity index (χ1) is 8.20. The van der Waals surface area contributed by atoms with E-state index in [0.29, 0.717) is 17.1 Å². The van der Waals surface area contributed by atoms with Gasteiger partial charge < -0.3 is 5.32 Å². The van der Waals surface area contributed by atoms with Crippen molar-refractivity contribution in [1.29, 1.82) is 0 Å². The molecule has 0 amide bonds. The molecule has 1 heterocycles. The summed E-state index contributed by atoms with van der Waals surface area (Å²) >= 11 is 1.85. The van der Waals surface area contributed by atoms with Gasteiger partial charge in [-0.1, -0.05) is 6.42 Å². The maximum absolute atomic E-state index is 10.7. The zero-order valence-electron chi connectivity index (χ0n) is 9.63. The number of nitrogens with one attached hydrogen (secondary N) is 1. The Bertz CT molecular complexity index is 413. The number of anilines is 1. The van der Waals surface area contributed by atoms with Crippen molar-refractivity contribution in [3.8, 4) is 0 Å². The summed E-state index contributed by atoms with van der Waals surface area (Å²) in [6.07, 6.45) is 7.09. The van der Waals surface area contributed by atoms with Gasteiger partial charge in [-0.15, -0.1) is 0 Å². The van der Waals surface area contributed by atoms with Crippen molar-refractivity contribution in [1.82, 2.24) is 4.98 Å². The van der Waals surface area contributed by atoms with Crippen LogP contribution >= 0.6 is 11.8 Å². The minimum atomic E-state index is -0.395. The van der Waals surface area contributed by atoms with Crippen LogP contribution in [0.1, 0.15) is 19.3 Å². The largest absolute Gasteiger partial charge is 0.366 e. The molecule has 0 aliphatic heterocycles. The standard InChI is InChI=1S/C11H15N3O2S/c1-17-10-4-2-3-9(10)13-11-7-8(14(15)16)5-6-12-11/h5-7,9-10H,2-4H2,1H3,(H,12,13). The number of thioether (sulfide) groups is 1. The molecule has 1 aromatic heterocycles. The third-order valence-electron chi connectivity index (χ3n) is 3.04. The number of nitro groups is 1. The van der Waals surface area contributed by atoms with Crippen molar-refractivity contribution in [3.63, 3.8) is 0 Å². The van der Waals surface area contributed by atoms with Gasteiger partial charge in [0.2, 0.25) is 0 Å². The first-order valence-corrected chi connectivity index (χ1v) is 6.89. The molecule has 2 rings (SSSR count). The van der Waals surface area contributed by atoms with E-state index in [1.54, 1.807) is 0 Å². The van der Waals surface area contributed by atoms with E-state index in [9.17, 15) is 10.1 Å². The van der Waals surface area contributed by atoms with Crippen LogP contribution in [0.5, 0.6) is 0 Å². The van der Waals surface area contributed by atoms with Gasteiger partial charge in [-0.3, -0.25) is 10.1 Å². The van der Waals surface area contributed by atoms with Crippen molar-refractivity contribution in [3.05, 3.63) is 28.4 Å². The Morgan fingerprint density at radius 1 is 1.59 bits per heavy atom. The molecule has 17 heavy (non-hydrogen) atoms. The molecule has 92 valence electrons. The summed E-state index contributed by atoms with van der Waals surface area (Å²) in [6.45, 7) is 0. The molecule has 0 spiro atoms. The maximum atomic E-state index is 10.7. The van der Waals surface area contributed by atoms with Crippen LogP contribution in [0.3, 0.4) is 0 Å². The lowest BCUT2D eigenvalue weighted by Gasteiger charge is -2.19. The average Bonchev–Trinajstić information content (AvgIpc) is 2.76. The predicted molar refractivity (Wildman–Crippen MR) is 69.5 cm³/mol. The Morgan fingerprint density at radius 3 is 3.12 bits per heavy atom. The molecule has 0 bridgehead atoms. The zero-order valence-corrected chi connectivity index (χ0v) is 10.4. The lowest BCUT2D eigenvalue weighted by atomic mass is 10.2. The van der Waals surface area contributed by atoms with Gasteiger partial charge >= 0.3 is 0 Å². The minimum absolute atomic E-state index is 0.0844. The van der Waals surface area contributed by atoms with Crippen LogP contribution in [0.25, 0.3) is 0 Å². The van der Waals surface area contributed by atoms with Crippen LogP contribution in [0.2, 0.25) is 0 Å². The molecule has 1 saturated carbocycles. The molecule has 1 aliphatic carbocycles. The highest BCUT2D eigenvalue weighted by Crippen LogP contribution is 2.30. The van der Waals surface area contributed by atoms with Gasteiger partial charge in [-0.25, -0.2) is 4.98 Å². The molecular weight excluding hydrogens is 238 g/mol. The second-order valence-electron chi connectivity index (χ2n) is 4.11. The van der Waals surface area contributed by atoms with E-state index in [-0.39, 0.29) is 5.69 Å². The molecular formula is C11H15N3O2S. The monoisotopic (exact) mass is 253 g/mol. The molecule has 0 saturated heterocycles. The molecule has 2 atom stereocenters. The Hall–Kier alpha value is -1.30. The van der Waals surface area contributed by atoms with E-state index in [4.69, 9.17) is 0 Å². The highest BCUT2D eigenvalue weighted by atomic mass is 32.2. The molecule has 0 radical (unpaired) electrons. The third kappa shape index (κ3) is 2.88. The normalized spacial score (nSPS) is 23.6. The van der Waals surface area contributed by atoms with E-state index >= 15 is 0 Å². The quantitative estimate of drug-likeness (QED) is 0.660. The number of aromatic nitrogens is 1. The van der Waals surface area contributed by atoms with Crippen LogP contribution < -0.4 is 5.32 Å². The van der Waals surface area contributed by atoms with Gasteiger partial charge in [0.05, 0.1) is 11.0 Å².